The quantitative estimate of drug-likeness (QED) is 0.547. The fourth-order valence-corrected chi connectivity index (χ4v) is 2.68. The van der Waals surface area contributed by atoms with Gasteiger partial charge in [0.2, 0.25) is 5.91 Å². The minimum absolute atomic E-state index is 0.102. The highest BCUT2D eigenvalue weighted by Crippen LogP contribution is 2.36. The lowest BCUT2D eigenvalue weighted by molar-refractivity contribution is -0.142. The molecule has 0 aliphatic rings. The van der Waals surface area contributed by atoms with Crippen LogP contribution in [-0.4, -0.2) is 39.0 Å². The Morgan fingerprint density at radius 2 is 1.81 bits per heavy atom. The van der Waals surface area contributed by atoms with Gasteiger partial charge in [-0.3, -0.25) is 9.36 Å². The van der Waals surface area contributed by atoms with E-state index >= 15 is 0 Å². The van der Waals surface area contributed by atoms with Gasteiger partial charge in [-0.05, 0) is 5.56 Å². The SMILES string of the molecule is CC(CP(=O)(O)O)C(=O)N[C@@H](Cc1ccccc1)C(=O)O. The number of aliphatic carboxylic acids is 1. The van der Waals surface area contributed by atoms with Crippen molar-refractivity contribution in [3.8, 4) is 0 Å². The van der Waals surface area contributed by atoms with E-state index in [2.05, 4.69) is 5.32 Å². The second kappa shape index (κ2) is 7.36. The fourth-order valence-electron chi connectivity index (χ4n) is 1.80. The Balaban J connectivity index is 2.68. The number of hydrogen-bond donors (Lipinski definition) is 4. The summed E-state index contributed by atoms with van der Waals surface area (Å²) in [6, 6.07) is 7.64. The zero-order chi connectivity index (χ0) is 16.0. The Hall–Kier alpha value is -1.69. The number of rotatable bonds is 7. The molecule has 21 heavy (non-hydrogen) atoms. The highest BCUT2D eigenvalue weighted by atomic mass is 31.2. The topological polar surface area (TPSA) is 124 Å². The molecule has 0 spiro atoms. The lowest BCUT2D eigenvalue weighted by Gasteiger charge is -2.18. The van der Waals surface area contributed by atoms with Crippen LogP contribution in [0.25, 0.3) is 0 Å². The van der Waals surface area contributed by atoms with Crippen LogP contribution in [0.1, 0.15) is 12.5 Å². The van der Waals surface area contributed by atoms with Crippen molar-refractivity contribution in [3.63, 3.8) is 0 Å². The Morgan fingerprint density at radius 1 is 1.24 bits per heavy atom. The lowest BCUT2D eigenvalue weighted by Crippen LogP contribution is -2.45. The number of carboxylic acids is 1. The van der Waals surface area contributed by atoms with Crippen LogP contribution in [0.4, 0.5) is 0 Å². The second-order valence-corrected chi connectivity index (χ2v) is 6.53. The molecule has 0 aliphatic heterocycles. The van der Waals surface area contributed by atoms with E-state index in [9.17, 15) is 14.2 Å². The van der Waals surface area contributed by atoms with Gasteiger partial charge >= 0.3 is 13.6 Å². The van der Waals surface area contributed by atoms with Crippen molar-refractivity contribution in [1.82, 2.24) is 5.32 Å². The van der Waals surface area contributed by atoms with E-state index < -0.39 is 37.6 Å². The summed E-state index contributed by atoms with van der Waals surface area (Å²) in [5.41, 5.74) is 0.743. The Kier molecular flexibility index (Phi) is 6.08. The standard InChI is InChI=1S/C13H18NO6P/c1-9(8-21(18,19)20)12(15)14-11(13(16)17)7-10-5-3-2-4-6-10/h2-6,9,11H,7-8H2,1H3,(H,14,15)(H,16,17)(H2,18,19,20)/t9?,11-/m0/s1. The highest BCUT2D eigenvalue weighted by molar-refractivity contribution is 7.51. The summed E-state index contributed by atoms with van der Waals surface area (Å²) >= 11 is 0. The van der Waals surface area contributed by atoms with E-state index in [-0.39, 0.29) is 6.42 Å². The predicted molar refractivity (Wildman–Crippen MR) is 75.8 cm³/mol. The van der Waals surface area contributed by atoms with Crippen LogP contribution in [0.3, 0.4) is 0 Å². The summed E-state index contributed by atoms with van der Waals surface area (Å²) in [4.78, 5) is 40.6. The normalized spacial score (nSPS) is 14.2. The first-order valence-corrected chi connectivity index (χ1v) is 8.10. The molecular formula is C13H18NO6P. The largest absolute Gasteiger partial charge is 0.480 e. The van der Waals surface area contributed by atoms with Crippen LogP contribution in [-0.2, 0) is 20.6 Å². The molecule has 7 nitrogen and oxygen atoms in total. The van der Waals surface area contributed by atoms with Crippen LogP contribution < -0.4 is 5.32 Å². The van der Waals surface area contributed by atoms with Gasteiger partial charge < -0.3 is 20.2 Å². The van der Waals surface area contributed by atoms with Crippen LogP contribution >= 0.6 is 7.60 Å². The number of amides is 1. The van der Waals surface area contributed by atoms with Gasteiger partial charge in [-0.25, -0.2) is 4.79 Å². The molecular weight excluding hydrogens is 297 g/mol. The molecule has 116 valence electrons. The molecule has 1 unspecified atom stereocenters. The smallest absolute Gasteiger partial charge is 0.326 e. The second-order valence-electron chi connectivity index (χ2n) is 4.84. The zero-order valence-corrected chi connectivity index (χ0v) is 12.4. The zero-order valence-electron chi connectivity index (χ0n) is 11.5. The van der Waals surface area contributed by atoms with Gasteiger partial charge in [-0.1, -0.05) is 37.3 Å². The first-order chi connectivity index (χ1) is 9.69. The number of nitrogens with one attached hydrogen (secondary N) is 1. The fraction of sp³-hybridized carbons (Fsp3) is 0.385. The predicted octanol–water partition coefficient (Wildman–Crippen LogP) is 0.612. The molecule has 8 heteroatoms. The number of carboxylic acid groups (broad SMARTS) is 1. The van der Waals surface area contributed by atoms with Crippen LogP contribution in [0.5, 0.6) is 0 Å². The summed E-state index contributed by atoms with van der Waals surface area (Å²) in [6.07, 6.45) is -0.513. The van der Waals surface area contributed by atoms with E-state index in [0.717, 1.165) is 5.56 Å². The molecule has 1 aromatic rings. The lowest BCUT2D eigenvalue weighted by atomic mass is 10.1. The molecule has 0 bridgehead atoms. The number of carbonyl (C=O) groups is 2. The van der Waals surface area contributed by atoms with Crippen molar-refractivity contribution in [1.29, 1.82) is 0 Å². The Bertz CT molecular complexity index is 541. The molecule has 0 saturated heterocycles. The molecule has 0 radical (unpaired) electrons. The van der Waals surface area contributed by atoms with Crippen molar-refractivity contribution < 1.29 is 29.0 Å². The van der Waals surface area contributed by atoms with Gasteiger partial charge in [0.05, 0.1) is 6.16 Å². The molecule has 4 N–H and O–H groups in total. The van der Waals surface area contributed by atoms with Crippen molar-refractivity contribution in [3.05, 3.63) is 35.9 Å². The van der Waals surface area contributed by atoms with Crippen molar-refractivity contribution >= 4 is 19.5 Å². The molecule has 2 atom stereocenters. The summed E-state index contributed by atoms with van der Waals surface area (Å²) in [5, 5.41) is 11.4. The van der Waals surface area contributed by atoms with Crippen molar-refractivity contribution in [2.24, 2.45) is 5.92 Å². The molecule has 0 heterocycles. The number of benzene rings is 1. The minimum Gasteiger partial charge on any atom is -0.480 e. The van der Waals surface area contributed by atoms with E-state index in [4.69, 9.17) is 14.9 Å². The first-order valence-electron chi connectivity index (χ1n) is 6.30. The summed E-state index contributed by atoms with van der Waals surface area (Å²) in [7, 11) is -4.32. The number of hydrogen-bond acceptors (Lipinski definition) is 3. The van der Waals surface area contributed by atoms with Gasteiger partial charge in [0.1, 0.15) is 6.04 Å². The molecule has 0 aromatic heterocycles. The average Bonchev–Trinajstić information content (AvgIpc) is 2.36. The van der Waals surface area contributed by atoms with Gasteiger partial charge in [-0.2, -0.15) is 0 Å². The Labute approximate surface area is 122 Å². The van der Waals surface area contributed by atoms with Crippen molar-refractivity contribution in [2.45, 2.75) is 19.4 Å². The highest BCUT2D eigenvalue weighted by Gasteiger charge is 2.27. The number of carbonyl (C=O) groups excluding carboxylic acids is 1. The van der Waals surface area contributed by atoms with Gasteiger partial charge in [-0.15, -0.1) is 0 Å². The maximum Gasteiger partial charge on any atom is 0.326 e. The van der Waals surface area contributed by atoms with E-state index in [1.165, 1.54) is 6.92 Å². The van der Waals surface area contributed by atoms with Crippen LogP contribution in [0, 0.1) is 5.92 Å². The molecule has 1 rings (SSSR count). The third kappa shape index (κ3) is 6.53. The van der Waals surface area contributed by atoms with Crippen LogP contribution in [0.15, 0.2) is 30.3 Å². The van der Waals surface area contributed by atoms with E-state index in [0.29, 0.717) is 0 Å². The summed E-state index contributed by atoms with van der Waals surface area (Å²) in [5.74, 6) is -2.86. The van der Waals surface area contributed by atoms with Crippen molar-refractivity contribution in [2.75, 3.05) is 6.16 Å². The van der Waals surface area contributed by atoms with Gasteiger partial charge in [0.25, 0.3) is 0 Å². The molecule has 0 saturated carbocycles. The van der Waals surface area contributed by atoms with E-state index in [1.807, 2.05) is 0 Å². The van der Waals surface area contributed by atoms with Gasteiger partial charge in [0.15, 0.2) is 0 Å². The molecule has 1 aromatic carbocycles. The van der Waals surface area contributed by atoms with E-state index in [1.54, 1.807) is 30.3 Å². The first kappa shape index (κ1) is 17.4. The Morgan fingerprint density at radius 3 is 2.29 bits per heavy atom. The minimum atomic E-state index is -4.32. The van der Waals surface area contributed by atoms with Crippen LogP contribution in [0.2, 0.25) is 0 Å². The molecule has 1 amide bonds. The summed E-state index contributed by atoms with van der Waals surface area (Å²) < 4.78 is 10.9. The average molecular weight is 315 g/mol. The molecule has 0 aliphatic carbocycles. The maximum absolute atomic E-state index is 11.8. The van der Waals surface area contributed by atoms with Gasteiger partial charge in [0, 0.05) is 12.3 Å². The maximum atomic E-state index is 11.8. The third-order valence-electron chi connectivity index (χ3n) is 2.86. The monoisotopic (exact) mass is 315 g/mol. The molecule has 0 fully saturated rings. The summed E-state index contributed by atoms with van der Waals surface area (Å²) in [6.45, 7) is 1.34. The third-order valence-corrected chi connectivity index (χ3v) is 3.88.